The van der Waals surface area contributed by atoms with Crippen LogP contribution in [0.1, 0.15) is 85.3 Å². The van der Waals surface area contributed by atoms with Crippen molar-refractivity contribution >= 4 is 11.8 Å². The number of carbonyl (C=O) groups is 2. The maximum absolute atomic E-state index is 12.8. The second kappa shape index (κ2) is 9.81. The molecule has 0 atom stereocenters. The standard InChI is InChI=1S/C24H28O5/c1-2-3-4-5-6-7-8-17-22(25)28-24(29-27)20-15-11-9-13-18(20)23(26)19-14-10-12-16-21(19)24/h9-16,27H,2-8,17H2,1H3. The van der Waals surface area contributed by atoms with E-state index < -0.39 is 11.8 Å². The lowest BCUT2D eigenvalue weighted by molar-refractivity contribution is -0.384. The number of ketones is 1. The van der Waals surface area contributed by atoms with Crippen molar-refractivity contribution in [1.82, 2.24) is 0 Å². The normalized spacial score (nSPS) is 14.2. The van der Waals surface area contributed by atoms with Crippen LogP contribution in [0.2, 0.25) is 0 Å². The summed E-state index contributed by atoms with van der Waals surface area (Å²) in [4.78, 5) is 30.3. The summed E-state index contributed by atoms with van der Waals surface area (Å²) in [5, 5.41) is 9.87. The Morgan fingerprint density at radius 2 is 1.38 bits per heavy atom. The van der Waals surface area contributed by atoms with Crippen molar-refractivity contribution in [3.05, 3.63) is 70.8 Å². The first-order valence-corrected chi connectivity index (χ1v) is 10.4. The van der Waals surface area contributed by atoms with Gasteiger partial charge in [0.15, 0.2) is 5.78 Å². The van der Waals surface area contributed by atoms with Crippen LogP contribution in [0.3, 0.4) is 0 Å². The number of benzene rings is 2. The first-order chi connectivity index (χ1) is 14.1. The minimum atomic E-state index is -1.83. The third-order valence-electron chi connectivity index (χ3n) is 5.42. The average Bonchev–Trinajstić information content (AvgIpc) is 2.76. The van der Waals surface area contributed by atoms with Gasteiger partial charge in [-0.2, -0.15) is 4.89 Å². The van der Waals surface area contributed by atoms with Gasteiger partial charge < -0.3 is 4.74 Å². The van der Waals surface area contributed by atoms with Gasteiger partial charge in [-0.05, 0) is 6.42 Å². The van der Waals surface area contributed by atoms with Crippen LogP contribution in [0, 0.1) is 0 Å². The lowest BCUT2D eigenvalue weighted by Crippen LogP contribution is -2.41. The van der Waals surface area contributed by atoms with E-state index in [0.717, 1.165) is 12.8 Å². The van der Waals surface area contributed by atoms with Crippen molar-refractivity contribution in [2.45, 2.75) is 64.1 Å². The summed E-state index contributed by atoms with van der Waals surface area (Å²) in [7, 11) is 0. The molecule has 5 heteroatoms. The van der Waals surface area contributed by atoms with Crippen LogP contribution in [0.4, 0.5) is 0 Å². The Morgan fingerprint density at radius 3 is 1.93 bits per heavy atom. The molecule has 1 aliphatic carbocycles. The fraction of sp³-hybridized carbons (Fsp3) is 0.417. The second-order valence-corrected chi connectivity index (χ2v) is 7.47. The van der Waals surface area contributed by atoms with E-state index in [1.807, 2.05) is 0 Å². The smallest absolute Gasteiger partial charge is 0.308 e. The van der Waals surface area contributed by atoms with Gasteiger partial charge in [-0.15, -0.1) is 0 Å². The van der Waals surface area contributed by atoms with E-state index >= 15 is 0 Å². The van der Waals surface area contributed by atoms with Crippen LogP contribution >= 0.6 is 0 Å². The number of hydrogen-bond acceptors (Lipinski definition) is 5. The molecule has 0 bridgehead atoms. The SMILES string of the molecule is CCCCCCCCCC(=O)OC1(OO)c2ccccc2C(=O)c2ccccc21. The molecule has 0 radical (unpaired) electrons. The summed E-state index contributed by atoms with van der Waals surface area (Å²) in [6, 6.07) is 13.5. The molecule has 1 aliphatic rings. The zero-order valence-corrected chi connectivity index (χ0v) is 16.9. The van der Waals surface area contributed by atoms with Crippen LogP contribution < -0.4 is 0 Å². The number of unbranched alkanes of at least 4 members (excludes halogenated alkanes) is 6. The van der Waals surface area contributed by atoms with Gasteiger partial charge >= 0.3 is 5.97 Å². The molecule has 0 fully saturated rings. The molecule has 0 spiro atoms. The molecule has 154 valence electrons. The fourth-order valence-corrected chi connectivity index (χ4v) is 3.89. The van der Waals surface area contributed by atoms with Crippen molar-refractivity contribution in [3.63, 3.8) is 0 Å². The van der Waals surface area contributed by atoms with Crippen molar-refractivity contribution in [1.29, 1.82) is 0 Å². The van der Waals surface area contributed by atoms with E-state index in [0.29, 0.717) is 28.7 Å². The van der Waals surface area contributed by atoms with E-state index in [1.54, 1.807) is 48.5 Å². The largest absolute Gasteiger partial charge is 0.421 e. The van der Waals surface area contributed by atoms with Gasteiger partial charge in [0.2, 0.25) is 0 Å². The number of hydrogen-bond donors (Lipinski definition) is 1. The monoisotopic (exact) mass is 396 g/mol. The van der Waals surface area contributed by atoms with Crippen LogP contribution in [-0.2, 0) is 20.2 Å². The number of esters is 1. The summed E-state index contributed by atoms with van der Waals surface area (Å²) in [5.41, 5.74) is 1.37. The molecule has 0 saturated carbocycles. The van der Waals surface area contributed by atoms with Crippen LogP contribution in [-0.4, -0.2) is 17.0 Å². The maximum atomic E-state index is 12.8. The van der Waals surface area contributed by atoms with Gasteiger partial charge in [-0.3, -0.25) is 9.59 Å². The Labute approximate surface area is 171 Å². The van der Waals surface area contributed by atoms with E-state index in [4.69, 9.17) is 9.62 Å². The molecule has 5 nitrogen and oxygen atoms in total. The molecule has 0 aliphatic heterocycles. The van der Waals surface area contributed by atoms with E-state index in [-0.39, 0.29) is 12.2 Å². The predicted molar refractivity (Wildman–Crippen MR) is 110 cm³/mol. The van der Waals surface area contributed by atoms with Gasteiger partial charge in [-0.1, -0.05) is 94.0 Å². The quantitative estimate of drug-likeness (QED) is 0.186. The molecule has 0 heterocycles. The highest BCUT2D eigenvalue weighted by molar-refractivity contribution is 6.13. The molecular weight excluding hydrogens is 368 g/mol. The highest BCUT2D eigenvalue weighted by Gasteiger charge is 2.48. The van der Waals surface area contributed by atoms with Crippen molar-refractivity contribution in [2.75, 3.05) is 0 Å². The zero-order chi connectivity index (χ0) is 20.7. The van der Waals surface area contributed by atoms with Gasteiger partial charge in [0.25, 0.3) is 5.79 Å². The van der Waals surface area contributed by atoms with Crippen molar-refractivity contribution in [2.24, 2.45) is 0 Å². The molecule has 0 saturated heterocycles. The summed E-state index contributed by atoms with van der Waals surface area (Å²) in [5.74, 6) is -2.49. The zero-order valence-electron chi connectivity index (χ0n) is 16.9. The van der Waals surface area contributed by atoms with E-state index in [9.17, 15) is 14.8 Å². The average molecular weight is 396 g/mol. The molecule has 0 unspecified atom stereocenters. The Balaban J connectivity index is 1.76. The molecule has 3 rings (SSSR count). The highest BCUT2D eigenvalue weighted by Crippen LogP contribution is 2.43. The minimum absolute atomic E-state index is 0.188. The number of carbonyl (C=O) groups excluding carboxylic acids is 2. The third kappa shape index (κ3) is 4.41. The minimum Gasteiger partial charge on any atom is -0.421 e. The lowest BCUT2D eigenvalue weighted by Gasteiger charge is -2.36. The lowest BCUT2D eigenvalue weighted by atomic mass is 9.80. The second-order valence-electron chi connectivity index (χ2n) is 7.47. The van der Waals surface area contributed by atoms with Gasteiger partial charge in [0.05, 0.1) is 0 Å². The Bertz CT molecular complexity index is 808. The Kier molecular flexibility index (Phi) is 7.18. The molecule has 2 aromatic rings. The van der Waals surface area contributed by atoms with Crippen molar-refractivity contribution in [3.8, 4) is 0 Å². The topological polar surface area (TPSA) is 72.8 Å². The first kappa shape index (κ1) is 21.2. The molecular formula is C24H28O5. The van der Waals surface area contributed by atoms with E-state index in [2.05, 4.69) is 6.92 Å². The summed E-state index contributed by atoms with van der Waals surface area (Å²) in [6.45, 7) is 2.18. The van der Waals surface area contributed by atoms with Crippen LogP contribution in [0.25, 0.3) is 0 Å². The molecule has 29 heavy (non-hydrogen) atoms. The number of ether oxygens (including phenoxy) is 1. The van der Waals surface area contributed by atoms with Gasteiger partial charge in [-0.25, -0.2) is 5.26 Å². The van der Waals surface area contributed by atoms with Crippen molar-refractivity contribution < 1.29 is 24.5 Å². The predicted octanol–water partition coefficient (Wildman–Crippen LogP) is 5.61. The van der Waals surface area contributed by atoms with Gasteiger partial charge in [0.1, 0.15) is 0 Å². The molecule has 0 amide bonds. The Hall–Kier alpha value is -2.50. The summed E-state index contributed by atoms with van der Waals surface area (Å²) >= 11 is 0. The first-order valence-electron chi connectivity index (χ1n) is 10.4. The number of fused-ring (bicyclic) bond motifs is 2. The maximum Gasteiger partial charge on any atom is 0.308 e. The van der Waals surface area contributed by atoms with Crippen LogP contribution in [0.5, 0.6) is 0 Å². The van der Waals surface area contributed by atoms with Crippen LogP contribution in [0.15, 0.2) is 48.5 Å². The molecule has 0 aromatic heterocycles. The van der Waals surface area contributed by atoms with E-state index in [1.165, 1.54) is 25.7 Å². The summed E-state index contributed by atoms with van der Waals surface area (Å²) in [6.07, 6.45) is 7.86. The number of rotatable bonds is 10. The highest BCUT2D eigenvalue weighted by atomic mass is 17.1. The third-order valence-corrected chi connectivity index (χ3v) is 5.42. The summed E-state index contributed by atoms with van der Waals surface area (Å²) < 4.78 is 5.71. The Morgan fingerprint density at radius 1 is 0.862 bits per heavy atom. The fourth-order valence-electron chi connectivity index (χ4n) is 3.89. The van der Waals surface area contributed by atoms with Gasteiger partial charge in [0, 0.05) is 28.7 Å². The molecule has 1 N–H and O–H groups in total. The molecule has 2 aromatic carbocycles.